The monoisotopic (exact) mass is 419 g/mol. The summed E-state index contributed by atoms with van der Waals surface area (Å²) in [5.74, 6) is 1.26. The van der Waals surface area contributed by atoms with Crippen molar-refractivity contribution in [3.63, 3.8) is 0 Å². The van der Waals surface area contributed by atoms with E-state index >= 15 is 0 Å². The summed E-state index contributed by atoms with van der Waals surface area (Å²) >= 11 is 0. The number of hydrogen-bond donors (Lipinski definition) is 3. The number of aryl methyl sites for hydroxylation is 2. The first kappa shape index (κ1) is 21.1. The van der Waals surface area contributed by atoms with Gasteiger partial charge in [0.1, 0.15) is 22.7 Å². The van der Waals surface area contributed by atoms with Crippen molar-refractivity contribution in [1.82, 2.24) is 0 Å². The van der Waals surface area contributed by atoms with Crippen LogP contribution in [0, 0.1) is 6.92 Å². The fourth-order valence-electron chi connectivity index (χ4n) is 3.44. The molecule has 4 N–H and O–H groups in total. The number of aliphatic hydroxyl groups excluding tert-OH is 2. The van der Waals surface area contributed by atoms with E-state index in [2.05, 4.69) is 0 Å². The van der Waals surface area contributed by atoms with Gasteiger partial charge in [-0.05, 0) is 67.8 Å². The Bertz CT molecular complexity index is 1270. The highest BCUT2D eigenvalue weighted by molar-refractivity contribution is 5.90. The molecule has 0 aliphatic heterocycles. The second kappa shape index (κ2) is 8.51. The summed E-state index contributed by atoms with van der Waals surface area (Å²) in [4.78, 5) is 13.1. The number of ether oxygens (including phenoxy) is 1. The summed E-state index contributed by atoms with van der Waals surface area (Å²) in [7, 11) is 0. The van der Waals surface area contributed by atoms with Crippen LogP contribution in [0.4, 0.5) is 0 Å². The van der Waals surface area contributed by atoms with Crippen molar-refractivity contribution in [2.45, 2.75) is 25.3 Å². The van der Waals surface area contributed by atoms with Gasteiger partial charge in [0.2, 0.25) is 5.43 Å². The third kappa shape index (κ3) is 4.46. The van der Waals surface area contributed by atoms with E-state index in [-0.39, 0.29) is 18.6 Å². The molecule has 31 heavy (non-hydrogen) atoms. The van der Waals surface area contributed by atoms with Gasteiger partial charge in [0.15, 0.2) is 0 Å². The quantitative estimate of drug-likeness (QED) is 0.395. The van der Waals surface area contributed by atoms with Crippen LogP contribution in [0.15, 0.2) is 69.9 Å². The Balaban J connectivity index is 1.65. The van der Waals surface area contributed by atoms with Gasteiger partial charge in [-0.3, -0.25) is 4.79 Å². The molecule has 0 aliphatic rings. The molecule has 0 atom stereocenters. The SMILES string of the molecule is Cc1ccc(Oc2ccc3oc4cc(CCC(N)(CO)CO)ccc4c(=O)c3c2)cc1. The largest absolute Gasteiger partial charge is 0.457 e. The van der Waals surface area contributed by atoms with Gasteiger partial charge in [-0.25, -0.2) is 0 Å². The van der Waals surface area contributed by atoms with Crippen molar-refractivity contribution in [1.29, 1.82) is 0 Å². The third-order valence-corrected chi connectivity index (χ3v) is 5.50. The highest BCUT2D eigenvalue weighted by atomic mass is 16.5. The molecular formula is C25H25NO5. The van der Waals surface area contributed by atoms with Gasteiger partial charge in [0, 0.05) is 0 Å². The van der Waals surface area contributed by atoms with Gasteiger partial charge in [-0.1, -0.05) is 23.8 Å². The summed E-state index contributed by atoms with van der Waals surface area (Å²) < 4.78 is 11.9. The van der Waals surface area contributed by atoms with Gasteiger partial charge < -0.3 is 25.1 Å². The molecule has 3 aromatic carbocycles. The second-order valence-electron chi connectivity index (χ2n) is 8.01. The first-order valence-electron chi connectivity index (χ1n) is 10.2. The van der Waals surface area contributed by atoms with Gasteiger partial charge >= 0.3 is 0 Å². The Hall–Kier alpha value is -3.19. The van der Waals surface area contributed by atoms with Crippen LogP contribution < -0.4 is 15.9 Å². The van der Waals surface area contributed by atoms with E-state index in [1.54, 1.807) is 24.3 Å². The Kier molecular flexibility index (Phi) is 5.78. The molecule has 0 fully saturated rings. The standard InChI is InChI=1S/C25H25NO5/c1-16-2-5-18(6-3-16)30-19-7-9-22-21(13-19)24(29)20-8-4-17(12-23(20)31-22)10-11-25(26,14-27)15-28/h2-9,12-13,27-28H,10-11,14-15,26H2,1H3. The van der Waals surface area contributed by atoms with E-state index in [0.717, 1.165) is 11.1 Å². The second-order valence-corrected chi connectivity index (χ2v) is 8.01. The molecule has 0 aliphatic carbocycles. The lowest BCUT2D eigenvalue weighted by molar-refractivity contribution is 0.115. The highest BCUT2D eigenvalue weighted by Gasteiger charge is 2.22. The van der Waals surface area contributed by atoms with Crippen LogP contribution in [0.5, 0.6) is 11.5 Å². The van der Waals surface area contributed by atoms with Crippen LogP contribution >= 0.6 is 0 Å². The van der Waals surface area contributed by atoms with Crippen LogP contribution in [-0.2, 0) is 6.42 Å². The first-order valence-corrected chi connectivity index (χ1v) is 10.2. The number of hydrogen-bond acceptors (Lipinski definition) is 6. The summed E-state index contributed by atoms with van der Waals surface area (Å²) in [6.07, 6.45) is 0.946. The van der Waals surface area contributed by atoms with Gasteiger partial charge in [-0.15, -0.1) is 0 Å². The molecule has 4 rings (SSSR count). The zero-order valence-corrected chi connectivity index (χ0v) is 17.3. The maximum absolute atomic E-state index is 13.1. The molecule has 160 valence electrons. The lowest BCUT2D eigenvalue weighted by Gasteiger charge is -2.24. The summed E-state index contributed by atoms with van der Waals surface area (Å²) in [6.45, 7) is 1.40. The normalized spacial score (nSPS) is 11.9. The molecule has 6 nitrogen and oxygen atoms in total. The van der Waals surface area contributed by atoms with E-state index < -0.39 is 5.54 Å². The maximum atomic E-state index is 13.1. The Morgan fingerprint density at radius 1 is 0.903 bits per heavy atom. The van der Waals surface area contributed by atoms with Crippen molar-refractivity contribution in [3.8, 4) is 11.5 Å². The molecule has 0 amide bonds. The van der Waals surface area contributed by atoms with Crippen molar-refractivity contribution in [2.75, 3.05) is 13.2 Å². The zero-order chi connectivity index (χ0) is 22.0. The lowest BCUT2D eigenvalue weighted by Crippen LogP contribution is -2.47. The number of fused-ring (bicyclic) bond motifs is 2. The van der Waals surface area contributed by atoms with Crippen molar-refractivity contribution in [3.05, 3.63) is 82.0 Å². The number of rotatable bonds is 7. The highest BCUT2D eigenvalue weighted by Crippen LogP contribution is 2.27. The fourth-order valence-corrected chi connectivity index (χ4v) is 3.44. The lowest BCUT2D eigenvalue weighted by atomic mass is 9.93. The van der Waals surface area contributed by atoms with E-state index in [1.807, 2.05) is 43.3 Å². The predicted molar refractivity (Wildman–Crippen MR) is 121 cm³/mol. The van der Waals surface area contributed by atoms with E-state index in [0.29, 0.717) is 46.3 Å². The number of nitrogens with two attached hydrogens (primary N) is 1. The minimum atomic E-state index is -1.03. The van der Waals surface area contributed by atoms with Crippen LogP contribution in [0.1, 0.15) is 17.5 Å². The maximum Gasteiger partial charge on any atom is 0.200 e. The predicted octanol–water partition coefficient (Wildman–Crippen LogP) is 3.66. The van der Waals surface area contributed by atoms with Crippen molar-refractivity contribution < 1.29 is 19.4 Å². The molecule has 0 bridgehead atoms. The molecule has 0 unspecified atom stereocenters. The first-order chi connectivity index (χ1) is 14.9. The topological polar surface area (TPSA) is 106 Å². The minimum Gasteiger partial charge on any atom is -0.457 e. The third-order valence-electron chi connectivity index (χ3n) is 5.50. The molecular weight excluding hydrogens is 394 g/mol. The zero-order valence-electron chi connectivity index (χ0n) is 17.3. The van der Waals surface area contributed by atoms with Crippen LogP contribution in [0.25, 0.3) is 21.9 Å². The smallest absolute Gasteiger partial charge is 0.200 e. The van der Waals surface area contributed by atoms with Crippen LogP contribution in [0.2, 0.25) is 0 Å². The molecule has 4 aromatic rings. The molecule has 0 spiro atoms. The molecule has 6 heteroatoms. The molecule has 0 radical (unpaired) electrons. The van der Waals surface area contributed by atoms with Crippen LogP contribution in [0.3, 0.4) is 0 Å². The van der Waals surface area contributed by atoms with E-state index in [4.69, 9.17) is 14.9 Å². The van der Waals surface area contributed by atoms with Crippen LogP contribution in [-0.4, -0.2) is 29.0 Å². The van der Waals surface area contributed by atoms with Crippen molar-refractivity contribution in [2.24, 2.45) is 5.73 Å². The van der Waals surface area contributed by atoms with Crippen molar-refractivity contribution >= 4 is 21.9 Å². The van der Waals surface area contributed by atoms with E-state index in [9.17, 15) is 15.0 Å². The molecule has 0 saturated carbocycles. The summed E-state index contributed by atoms with van der Waals surface area (Å²) in [6, 6.07) is 18.3. The van der Waals surface area contributed by atoms with Gasteiger partial charge in [0.05, 0.1) is 29.5 Å². The summed E-state index contributed by atoms with van der Waals surface area (Å²) in [5, 5.41) is 19.7. The summed E-state index contributed by atoms with van der Waals surface area (Å²) in [5.41, 5.74) is 7.79. The Morgan fingerprint density at radius 2 is 1.61 bits per heavy atom. The van der Waals surface area contributed by atoms with Gasteiger partial charge in [-0.2, -0.15) is 0 Å². The Morgan fingerprint density at radius 3 is 2.32 bits per heavy atom. The average Bonchev–Trinajstić information content (AvgIpc) is 2.79. The molecule has 0 saturated heterocycles. The Labute approximate surface area is 179 Å². The molecule has 1 heterocycles. The number of benzene rings is 3. The number of aliphatic hydroxyl groups is 2. The fraction of sp³-hybridized carbons (Fsp3) is 0.240. The van der Waals surface area contributed by atoms with E-state index in [1.165, 1.54) is 0 Å². The minimum absolute atomic E-state index is 0.129. The average molecular weight is 419 g/mol. The molecule has 1 aromatic heterocycles. The van der Waals surface area contributed by atoms with Gasteiger partial charge in [0.25, 0.3) is 0 Å².